The molecule has 5 rings (SSSR count). The van der Waals surface area contributed by atoms with E-state index in [1.54, 1.807) is 29.0 Å². The van der Waals surface area contributed by atoms with Gasteiger partial charge in [-0.1, -0.05) is 25.1 Å². The molecule has 1 atom stereocenters. The molecule has 2 aromatic carbocycles. The third-order valence-corrected chi connectivity index (χ3v) is 5.84. The topological polar surface area (TPSA) is 48.2 Å². The first-order chi connectivity index (χ1) is 15.1. The van der Waals surface area contributed by atoms with Gasteiger partial charge in [0.25, 0.3) is 5.56 Å². The van der Waals surface area contributed by atoms with Crippen LogP contribution in [0, 0.1) is 11.7 Å². The molecule has 31 heavy (non-hydrogen) atoms. The van der Waals surface area contributed by atoms with Gasteiger partial charge in [0.1, 0.15) is 18.2 Å². The first kappa shape index (κ1) is 19.4. The second-order valence-corrected chi connectivity index (χ2v) is 8.21. The monoisotopic (exact) mass is 417 g/mol. The van der Waals surface area contributed by atoms with Crippen molar-refractivity contribution in [1.82, 2.24) is 9.24 Å². The van der Waals surface area contributed by atoms with Crippen LogP contribution in [0.4, 0.5) is 4.39 Å². The third kappa shape index (κ3) is 3.93. The van der Waals surface area contributed by atoms with Gasteiger partial charge in [0.15, 0.2) is 0 Å². The molecule has 1 unspecified atom stereocenters. The van der Waals surface area contributed by atoms with E-state index in [1.165, 1.54) is 23.9 Å². The fourth-order valence-electron chi connectivity index (χ4n) is 4.02. The number of hydrogen-bond donors (Lipinski definition) is 1. The van der Waals surface area contributed by atoms with Crippen LogP contribution in [0.25, 0.3) is 16.6 Å². The van der Waals surface area contributed by atoms with Crippen molar-refractivity contribution in [3.05, 3.63) is 94.3 Å². The minimum Gasteiger partial charge on any atom is -0.489 e. The molecule has 4 aromatic rings. The van der Waals surface area contributed by atoms with Crippen molar-refractivity contribution in [3.63, 3.8) is 0 Å². The molecule has 0 bridgehead atoms. The van der Waals surface area contributed by atoms with Crippen LogP contribution in [0.1, 0.15) is 24.6 Å². The predicted molar refractivity (Wildman–Crippen MR) is 120 cm³/mol. The van der Waals surface area contributed by atoms with E-state index >= 15 is 0 Å². The van der Waals surface area contributed by atoms with Crippen LogP contribution in [0.2, 0.25) is 0 Å². The summed E-state index contributed by atoms with van der Waals surface area (Å²) in [5.74, 6) is 0.829. The number of ether oxygens (including phenoxy) is 1. The highest BCUT2D eigenvalue weighted by Crippen LogP contribution is 2.25. The summed E-state index contributed by atoms with van der Waals surface area (Å²) in [5.41, 5.74) is 7.35. The van der Waals surface area contributed by atoms with Crippen molar-refractivity contribution in [3.8, 4) is 11.4 Å². The first-order valence-corrected chi connectivity index (χ1v) is 10.6. The standard InChI is InChI=1S/C25H24FN3O2/c1-17-2-8-22-12-19-5-9-21(13-24(19)29(22)27-15-17)28-11-10-23(14-25(28)30)31-16-18-3-6-20(26)7-4-18/h3-7,9-14,17,27H,2,8,15-16H2,1H3. The smallest absolute Gasteiger partial charge is 0.258 e. The molecule has 0 saturated heterocycles. The van der Waals surface area contributed by atoms with E-state index in [4.69, 9.17) is 4.74 Å². The maximum absolute atomic E-state index is 13.0. The Labute approximate surface area is 179 Å². The van der Waals surface area contributed by atoms with Gasteiger partial charge in [-0.15, -0.1) is 0 Å². The maximum atomic E-state index is 13.0. The highest BCUT2D eigenvalue weighted by atomic mass is 19.1. The van der Waals surface area contributed by atoms with Crippen molar-refractivity contribution in [2.24, 2.45) is 5.92 Å². The zero-order chi connectivity index (χ0) is 21.4. The number of nitrogens with one attached hydrogen (secondary N) is 1. The van der Waals surface area contributed by atoms with E-state index in [1.807, 2.05) is 12.1 Å². The van der Waals surface area contributed by atoms with Crippen molar-refractivity contribution >= 4 is 10.9 Å². The molecule has 0 fully saturated rings. The zero-order valence-electron chi connectivity index (χ0n) is 17.3. The maximum Gasteiger partial charge on any atom is 0.258 e. The molecule has 1 aliphatic heterocycles. The number of aryl methyl sites for hydroxylation is 1. The Morgan fingerprint density at radius 2 is 1.94 bits per heavy atom. The largest absolute Gasteiger partial charge is 0.489 e. The van der Waals surface area contributed by atoms with Crippen molar-refractivity contribution < 1.29 is 9.13 Å². The van der Waals surface area contributed by atoms with Gasteiger partial charge in [0, 0.05) is 29.9 Å². The summed E-state index contributed by atoms with van der Waals surface area (Å²) in [6, 6.07) is 17.7. The van der Waals surface area contributed by atoms with Crippen LogP contribution in [0.15, 0.2) is 71.7 Å². The summed E-state index contributed by atoms with van der Waals surface area (Å²) in [6.45, 7) is 3.46. The van der Waals surface area contributed by atoms with E-state index in [0.29, 0.717) is 11.7 Å². The number of pyridine rings is 1. The highest BCUT2D eigenvalue weighted by Gasteiger charge is 2.16. The average Bonchev–Trinajstić information content (AvgIpc) is 3.02. The van der Waals surface area contributed by atoms with Crippen LogP contribution >= 0.6 is 0 Å². The van der Waals surface area contributed by atoms with Crippen LogP contribution < -0.4 is 15.7 Å². The molecule has 2 aromatic heterocycles. The Bertz CT molecular complexity index is 1290. The molecule has 1 aliphatic rings. The molecule has 1 N–H and O–H groups in total. The number of nitrogens with zero attached hydrogens (tertiary/aromatic N) is 2. The Balaban J connectivity index is 1.40. The summed E-state index contributed by atoms with van der Waals surface area (Å²) in [7, 11) is 0. The number of aromatic nitrogens is 2. The predicted octanol–water partition coefficient (Wildman–Crippen LogP) is 4.64. The van der Waals surface area contributed by atoms with E-state index in [2.05, 4.69) is 29.2 Å². The van der Waals surface area contributed by atoms with Gasteiger partial charge in [-0.2, -0.15) is 0 Å². The second kappa shape index (κ2) is 7.95. The van der Waals surface area contributed by atoms with Crippen molar-refractivity contribution in [2.75, 3.05) is 12.0 Å². The number of hydrogen-bond acceptors (Lipinski definition) is 3. The molecular formula is C25H24FN3O2. The van der Waals surface area contributed by atoms with Gasteiger partial charge in [0.2, 0.25) is 0 Å². The van der Waals surface area contributed by atoms with E-state index < -0.39 is 0 Å². The Hall–Kier alpha value is -3.54. The van der Waals surface area contributed by atoms with E-state index in [0.717, 1.165) is 41.5 Å². The number of benzene rings is 2. The molecule has 158 valence electrons. The van der Waals surface area contributed by atoms with Crippen LogP contribution in [-0.4, -0.2) is 15.8 Å². The Morgan fingerprint density at radius 3 is 2.74 bits per heavy atom. The van der Waals surface area contributed by atoms with Crippen LogP contribution in [0.3, 0.4) is 0 Å². The number of halogens is 1. The van der Waals surface area contributed by atoms with E-state index in [-0.39, 0.29) is 18.0 Å². The van der Waals surface area contributed by atoms with Gasteiger partial charge in [-0.05, 0) is 60.7 Å². The zero-order valence-corrected chi connectivity index (χ0v) is 17.3. The normalized spacial score (nSPS) is 15.9. The van der Waals surface area contributed by atoms with Gasteiger partial charge < -0.3 is 10.2 Å². The van der Waals surface area contributed by atoms with Crippen molar-refractivity contribution in [2.45, 2.75) is 26.4 Å². The van der Waals surface area contributed by atoms with Crippen LogP contribution in [0.5, 0.6) is 5.75 Å². The molecule has 0 amide bonds. The Kier molecular flexibility index (Phi) is 4.98. The third-order valence-electron chi connectivity index (χ3n) is 5.84. The van der Waals surface area contributed by atoms with Gasteiger partial charge in [-0.3, -0.25) is 14.0 Å². The quantitative estimate of drug-likeness (QED) is 0.526. The minimum absolute atomic E-state index is 0.166. The summed E-state index contributed by atoms with van der Waals surface area (Å²) in [4.78, 5) is 12.8. The highest BCUT2D eigenvalue weighted by molar-refractivity contribution is 5.83. The molecule has 3 heterocycles. The lowest BCUT2D eigenvalue weighted by atomic mass is 10.1. The van der Waals surface area contributed by atoms with Gasteiger partial charge in [0.05, 0.1) is 11.2 Å². The molecule has 0 spiro atoms. The fourth-order valence-corrected chi connectivity index (χ4v) is 4.02. The summed E-state index contributed by atoms with van der Waals surface area (Å²) in [5, 5.41) is 1.16. The lowest BCUT2D eigenvalue weighted by Crippen LogP contribution is -2.19. The van der Waals surface area contributed by atoms with Crippen molar-refractivity contribution in [1.29, 1.82) is 0 Å². The SMILES string of the molecule is CC1CCc2cc3ccc(-n4ccc(OCc5ccc(F)cc5)cc4=O)cc3n2NC1. The summed E-state index contributed by atoms with van der Waals surface area (Å²) < 4.78 is 22.5. The fraction of sp³-hybridized carbons (Fsp3) is 0.240. The van der Waals surface area contributed by atoms with Gasteiger partial charge in [-0.25, -0.2) is 4.39 Å². The lowest BCUT2D eigenvalue weighted by Gasteiger charge is -2.13. The lowest BCUT2D eigenvalue weighted by molar-refractivity contribution is 0.305. The molecule has 0 aliphatic carbocycles. The number of fused-ring (bicyclic) bond motifs is 3. The molecular weight excluding hydrogens is 393 g/mol. The van der Waals surface area contributed by atoms with Crippen LogP contribution in [-0.2, 0) is 13.0 Å². The molecule has 0 radical (unpaired) electrons. The second-order valence-electron chi connectivity index (χ2n) is 8.21. The van der Waals surface area contributed by atoms with Gasteiger partial charge >= 0.3 is 0 Å². The summed E-state index contributed by atoms with van der Waals surface area (Å²) in [6.07, 6.45) is 3.93. The molecule has 6 heteroatoms. The Morgan fingerprint density at radius 1 is 1.10 bits per heavy atom. The minimum atomic E-state index is -0.284. The number of rotatable bonds is 4. The molecule has 5 nitrogen and oxygen atoms in total. The summed E-state index contributed by atoms with van der Waals surface area (Å²) >= 11 is 0. The first-order valence-electron chi connectivity index (χ1n) is 10.6. The van der Waals surface area contributed by atoms with E-state index in [9.17, 15) is 9.18 Å². The molecule has 0 saturated carbocycles. The average molecular weight is 417 g/mol.